The van der Waals surface area contributed by atoms with Crippen LogP contribution in [0.15, 0.2) is 53.0 Å². The molecule has 7 heteroatoms. The molecule has 2 aromatic rings. The molecule has 0 fully saturated rings. The quantitative estimate of drug-likeness (QED) is 0.714. The molecule has 1 unspecified atom stereocenters. The van der Waals surface area contributed by atoms with Crippen LogP contribution in [0.2, 0.25) is 5.02 Å². The molecule has 1 atom stereocenters. The summed E-state index contributed by atoms with van der Waals surface area (Å²) in [5.41, 5.74) is 1.25. The summed E-state index contributed by atoms with van der Waals surface area (Å²) in [6.07, 6.45) is -0.694. The molecule has 132 valence electrons. The van der Waals surface area contributed by atoms with Gasteiger partial charge in [0.15, 0.2) is 6.04 Å². The Hall–Kier alpha value is -2.05. The summed E-state index contributed by atoms with van der Waals surface area (Å²) < 4.78 is 5.80. The Morgan fingerprint density at radius 1 is 1.24 bits per heavy atom. The summed E-state index contributed by atoms with van der Waals surface area (Å²) in [6, 6.07) is 12.8. The molecule has 2 aromatic carbocycles. The smallest absolute Gasteiger partial charge is 0.411 e. The van der Waals surface area contributed by atoms with Crippen LogP contribution >= 0.6 is 27.5 Å². The number of halogens is 2. The number of aliphatic carboxylic acids is 1. The van der Waals surface area contributed by atoms with Gasteiger partial charge < -0.3 is 9.84 Å². The fourth-order valence-electron chi connectivity index (χ4n) is 2.38. The fraction of sp³-hybridized carbons (Fsp3) is 0.222. The first-order chi connectivity index (χ1) is 11.9. The number of ether oxygens (including phenoxy) is 1. The van der Waals surface area contributed by atoms with Crippen molar-refractivity contribution in [2.45, 2.75) is 19.6 Å². The van der Waals surface area contributed by atoms with Gasteiger partial charge in [-0.25, -0.2) is 9.59 Å². The van der Waals surface area contributed by atoms with E-state index < -0.39 is 18.1 Å². The summed E-state index contributed by atoms with van der Waals surface area (Å²) in [5, 5.41) is 10.1. The zero-order chi connectivity index (χ0) is 18.4. The van der Waals surface area contributed by atoms with Gasteiger partial charge in [-0.2, -0.15) is 0 Å². The van der Waals surface area contributed by atoms with Gasteiger partial charge in [0.2, 0.25) is 0 Å². The minimum absolute atomic E-state index is 0.0737. The number of carbonyl (C=O) groups is 2. The number of likely N-dealkylation sites (N-methyl/N-ethyl adjacent to an activating group) is 1. The fourth-order valence-corrected chi connectivity index (χ4v) is 3.28. The molecule has 0 aromatic heterocycles. The van der Waals surface area contributed by atoms with Gasteiger partial charge in [-0.1, -0.05) is 63.9 Å². The SMILES string of the molecule is CCN(C(=O)OCc1ccccc1)C(C(=O)O)c1ccc(Cl)cc1Br. The Morgan fingerprint density at radius 3 is 2.48 bits per heavy atom. The van der Waals surface area contributed by atoms with E-state index in [4.69, 9.17) is 16.3 Å². The van der Waals surface area contributed by atoms with E-state index in [1.54, 1.807) is 25.1 Å². The van der Waals surface area contributed by atoms with Gasteiger partial charge in [0, 0.05) is 21.6 Å². The zero-order valence-corrected chi connectivity index (χ0v) is 15.8. The largest absolute Gasteiger partial charge is 0.479 e. The van der Waals surface area contributed by atoms with E-state index in [-0.39, 0.29) is 13.2 Å². The number of rotatable bonds is 6. The van der Waals surface area contributed by atoms with Crippen molar-refractivity contribution in [3.05, 3.63) is 69.2 Å². The lowest BCUT2D eigenvalue weighted by Crippen LogP contribution is -2.39. The number of carbonyl (C=O) groups excluding carboxylic acids is 1. The number of hydrogen-bond acceptors (Lipinski definition) is 3. The zero-order valence-electron chi connectivity index (χ0n) is 13.5. The topological polar surface area (TPSA) is 66.8 Å². The second-order valence-electron chi connectivity index (χ2n) is 5.23. The minimum atomic E-state index is -1.18. The average molecular weight is 427 g/mol. The highest BCUT2D eigenvalue weighted by molar-refractivity contribution is 9.10. The molecule has 0 spiro atoms. The highest BCUT2D eigenvalue weighted by Crippen LogP contribution is 2.31. The first-order valence-electron chi connectivity index (χ1n) is 7.59. The van der Waals surface area contributed by atoms with Gasteiger partial charge in [-0.05, 0) is 24.6 Å². The van der Waals surface area contributed by atoms with E-state index in [0.717, 1.165) is 5.56 Å². The van der Waals surface area contributed by atoms with Crippen molar-refractivity contribution in [2.75, 3.05) is 6.54 Å². The molecule has 5 nitrogen and oxygen atoms in total. The van der Waals surface area contributed by atoms with Crippen molar-refractivity contribution >= 4 is 39.6 Å². The lowest BCUT2D eigenvalue weighted by Gasteiger charge is -2.28. The van der Waals surface area contributed by atoms with E-state index in [2.05, 4.69) is 15.9 Å². The lowest BCUT2D eigenvalue weighted by molar-refractivity contribution is -0.143. The van der Waals surface area contributed by atoms with Gasteiger partial charge in [-0.3, -0.25) is 4.90 Å². The molecule has 0 aliphatic carbocycles. The third-order valence-corrected chi connectivity index (χ3v) is 4.50. The first-order valence-corrected chi connectivity index (χ1v) is 8.76. The maximum atomic E-state index is 12.4. The highest BCUT2D eigenvalue weighted by Gasteiger charge is 2.32. The Morgan fingerprint density at radius 2 is 1.92 bits per heavy atom. The number of hydrogen-bond donors (Lipinski definition) is 1. The summed E-state index contributed by atoms with van der Waals surface area (Å²) in [4.78, 5) is 25.4. The van der Waals surface area contributed by atoms with Crippen molar-refractivity contribution < 1.29 is 19.4 Å². The summed E-state index contributed by atoms with van der Waals surface area (Å²) in [5.74, 6) is -1.15. The lowest BCUT2D eigenvalue weighted by atomic mass is 10.1. The monoisotopic (exact) mass is 425 g/mol. The molecule has 0 radical (unpaired) electrons. The van der Waals surface area contributed by atoms with Crippen LogP contribution < -0.4 is 0 Å². The second kappa shape index (κ2) is 8.87. The summed E-state index contributed by atoms with van der Waals surface area (Å²) in [7, 11) is 0. The summed E-state index contributed by atoms with van der Waals surface area (Å²) >= 11 is 9.22. The molecule has 0 bridgehead atoms. The minimum Gasteiger partial charge on any atom is -0.479 e. The normalized spacial score (nSPS) is 11.6. The third kappa shape index (κ3) is 4.96. The number of carboxylic acid groups (broad SMARTS) is 1. The van der Waals surface area contributed by atoms with E-state index in [0.29, 0.717) is 15.1 Å². The van der Waals surface area contributed by atoms with Crippen molar-refractivity contribution in [2.24, 2.45) is 0 Å². The molecular formula is C18H17BrClNO4. The first kappa shape index (κ1) is 19.3. The molecule has 1 amide bonds. The van der Waals surface area contributed by atoms with Crippen LogP contribution in [-0.4, -0.2) is 28.6 Å². The molecule has 25 heavy (non-hydrogen) atoms. The number of nitrogens with zero attached hydrogens (tertiary/aromatic N) is 1. The Kier molecular flexibility index (Phi) is 6.84. The molecule has 0 saturated heterocycles. The van der Waals surface area contributed by atoms with Gasteiger partial charge >= 0.3 is 12.1 Å². The maximum Gasteiger partial charge on any atom is 0.411 e. The van der Waals surface area contributed by atoms with Gasteiger partial charge in [0.25, 0.3) is 0 Å². The summed E-state index contributed by atoms with van der Waals surface area (Å²) in [6.45, 7) is 1.95. The van der Waals surface area contributed by atoms with E-state index in [1.807, 2.05) is 30.3 Å². The molecule has 0 aliphatic rings. The van der Waals surface area contributed by atoms with Crippen LogP contribution in [0.5, 0.6) is 0 Å². The number of carboxylic acids is 1. The van der Waals surface area contributed by atoms with Crippen LogP contribution in [0.4, 0.5) is 4.79 Å². The second-order valence-corrected chi connectivity index (χ2v) is 6.52. The predicted molar refractivity (Wildman–Crippen MR) is 98.5 cm³/mol. The van der Waals surface area contributed by atoms with Gasteiger partial charge in [-0.15, -0.1) is 0 Å². The average Bonchev–Trinajstić information content (AvgIpc) is 2.59. The van der Waals surface area contributed by atoms with Crippen molar-refractivity contribution in [1.82, 2.24) is 4.90 Å². The van der Waals surface area contributed by atoms with Gasteiger partial charge in [0.05, 0.1) is 0 Å². The molecule has 2 rings (SSSR count). The van der Waals surface area contributed by atoms with Crippen LogP contribution in [0.1, 0.15) is 24.1 Å². The number of benzene rings is 2. The molecule has 1 N–H and O–H groups in total. The van der Waals surface area contributed by atoms with Gasteiger partial charge in [0.1, 0.15) is 6.61 Å². The number of amides is 1. The van der Waals surface area contributed by atoms with Crippen molar-refractivity contribution in [1.29, 1.82) is 0 Å². The van der Waals surface area contributed by atoms with Crippen molar-refractivity contribution in [3.63, 3.8) is 0 Å². The Balaban J connectivity index is 2.21. The van der Waals surface area contributed by atoms with E-state index in [9.17, 15) is 14.7 Å². The molecule has 0 aliphatic heterocycles. The molecule has 0 heterocycles. The Bertz CT molecular complexity index is 754. The third-order valence-electron chi connectivity index (χ3n) is 3.58. The van der Waals surface area contributed by atoms with Crippen LogP contribution in [0, 0.1) is 0 Å². The molecule has 0 saturated carbocycles. The van der Waals surface area contributed by atoms with Crippen LogP contribution in [-0.2, 0) is 16.1 Å². The van der Waals surface area contributed by atoms with Crippen LogP contribution in [0.3, 0.4) is 0 Å². The highest BCUT2D eigenvalue weighted by atomic mass is 79.9. The van der Waals surface area contributed by atoms with Crippen LogP contribution in [0.25, 0.3) is 0 Å². The Labute approximate surface area is 159 Å². The van der Waals surface area contributed by atoms with E-state index in [1.165, 1.54) is 4.90 Å². The standard InChI is InChI=1S/C18H17BrClNO4/c1-2-21(18(24)25-11-12-6-4-3-5-7-12)16(17(22)23)14-9-8-13(20)10-15(14)19/h3-10,16H,2,11H2,1H3,(H,22,23). The predicted octanol–water partition coefficient (Wildman–Crippen LogP) is 4.89. The van der Waals surface area contributed by atoms with Crippen molar-refractivity contribution in [3.8, 4) is 0 Å². The maximum absolute atomic E-state index is 12.4. The molecular weight excluding hydrogens is 410 g/mol. The van der Waals surface area contributed by atoms with E-state index >= 15 is 0 Å².